The number of ether oxygens (including phenoxy) is 2. The molecule has 5 nitrogen and oxygen atoms in total. The van der Waals surface area contributed by atoms with Crippen molar-refractivity contribution in [3.8, 4) is 22.1 Å². The van der Waals surface area contributed by atoms with Crippen LogP contribution in [0.4, 0.5) is 0 Å². The zero-order valence-electron chi connectivity index (χ0n) is 9.55. The second-order valence-corrected chi connectivity index (χ2v) is 5.17. The SMILES string of the molecule is O=C(O)Cc1csc(-c2cc(Cl)c3c(c2)OCO3)n1. The van der Waals surface area contributed by atoms with E-state index in [1.54, 1.807) is 17.5 Å². The molecule has 2 aromatic rings. The maximum atomic E-state index is 10.6. The van der Waals surface area contributed by atoms with E-state index in [1.165, 1.54) is 11.3 Å². The van der Waals surface area contributed by atoms with Gasteiger partial charge >= 0.3 is 5.97 Å². The summed E-state index contributed by atoms with van der Waals surface area (Å²) in [5.41, 5.74) is 1.32. The molecule has 0 fully saturated rings. The number of carbonyl (C=O) groups is 1. The van der Waals surface area contributed by atoms with Crippen LogP contribution in [0.15, 0.2) is 17.5 Å². The van der Waals surface area contributed by atoms with Crippen molar-refractivity contribution in [2.45, 2.75) is 6.42 Å². The number of aromatic nitrogens is 1. The Morgan fingerprint density at radius 1 is 1.47 bits per heavy atom. The smallest absolute Gasteiger partial charge is 0.309 e. The fraction of sp³-hybridized carbons (Fsp3) is 0.167. The summed E-state index contributed by atoms with van der Waals surface area (Å²) < 4.78 is 10.5. The third-order valence-corrected chi connectivity index (χ3v) is 3.78. The minimum absolute atomic E-state index is 0.0885. The van der Waals surface area contributed by atoms with E-state index < -0.39 is 5.97 Å². The highest BCUT2D eigenvalue weighted by Gasteiger charge is 2.20. The van der Waals surface area contributed by atoms with Crippen LogP contribution in [0, 0.1) is 0 Å². The molecule has 0 radical (unpaired) electrons. The molecular formula is C12H8ClNO4S. The fourth-order valence-electron chi connectivity index (χ4n) is 1.77. The molecule has 0 amide bonds. The zero-order chi connectivity index (χ0) is 13.4. The summed E-state index contributed by atoms with van der Waals surface area (Å²) in [6, 6.07) is 3.52. The topological polar surface area (TPSA) is 68.7 Å². The number of halogens is 1. The number of hydrogen-bond acceptors (Lipinski definition) is 5. The van der Waals surface area contributed by atoms with Gasteiger partial charge in [0.25, 0.3) is 0 Å². The highest BCUT2D eigenvalue weighted by Crippen LogP contribution is 2.42. The molecule has 0 bridgehead atoms. The van der Waals surface area contributed by atoms with E-state index in [0.717, 1.165) is 5.56 Å². The van der Waals surface area contributed by atoms with Gasteiger partial charge in [0, 0.05) is 10.9 Å². The number of hydrogen-bond donors (Lipinski definition) is 1. The lowest BCUT2D eigenvalue weighted by molar-refractivity contribution is -0.136. The molecule has 0 unspecified atom stereocenters. The summed E-state index contributed by atoms with van der Waals surface area (Å²) in [5, 5.41) is 11.6. The Hall–Kier alpha value is -1.79. The molecule has 98 valence electrons. The highest BCUT2D eigenvalue weighted by atomic mass is 35.5. The van der Waals surface area contributed by atoms with Gasteiger partial charge in [-0.3, -0.25) is 4.79 Å². The molecule has 2 heterocycles. The lowest BCUT2D eigenvalue weighted by atomic mass is 10.2. The summed E-state index contributed by atoms with van der Waals surface area (Å²) in [6.07, 6.45) is -0.0885. The molecule has 0 atom stereocenters. The Morgan fingerprint density at radius 2 is 2.32 bits per heavy atom. The van der Waals surface area contributed by atoms with Crippen LogP contribution in [-0.2, 0) is 11.2 Å². The van der Waals surface area contributed by atoms with Gasteiger partial charge in [0.15, 0.2) is 11.5 Å². The van der Waals surface area contributed by atoms with Gasteiger partial charge in [-0.1, -0.05) is 11.6 Å². The van der Waals surface area contributed by atoms with Gasteiger partial charge in [-0.05, 0) is 12.1 Å². The Labute approximate surface area is 117 Å². The third-order valence-electron chi connectivity index (χ3n) is 2.56. The number of rotatable bonds is 3. The highest BCUT2D eigenvalue weighted by molar-refractivity contribution is 7.13. The third kappa shape index (κ3) is 2.36. The van der Waals surface area contributed by atoms with Gasteiger partial charge in [0.2, 0.25) is 6.79 Å². The van der Waals surface area contributed by atoms with Crippen molar-refractivity contribution in [2.75, 3.05) is 6.79 Å². The summed E-state index contributed by atoms with van der Waals surface area (Å²) in [6.45, 7) is 0.153. The molecule has 7 heteroatoms. The first-order valence-electron chi connectivity index (χ1n) is 5.39. The van der Waals surface area contributed by atoms with E-state index in [1.807, 2.05) is 0 Å². The van der Waals surface area contributed by atoms with Gasteiger partial charge in [0.1, 0.15) is 5.01 Å². The molecule has 1 aliphatic rings. The predicted molar refractivity (Wildman–Crippen MR) is 70.0 cm³/mol. The van der Waals surface area contributed by atoms with Crippen LogP contribution >= 0.6 is 22.9 Å². The van der Waals surface area contributed by atoms with Crippen LogP contribution in [0.1, 0.15) is 5.69 Å². The lowest BCUT2D eigenvalue weighted by Crippen LogP contribution is -1.99. The van der Waals surface area contributed by atoms with E-state index in [2.05, 4.69) is 4.98 Å². The molecule has 0 aliphatic carbocycles. The maximum Gasteiger partial charge on any atom is 0.309 e. The first-order chi connectivity index (χ1) is 9.13. The van der Waals surface area contributed by atoms with Crippen LogP contribution in [0.25, 0.3) is 10.6 Å². The quantitative estimate of drug-likeness (QED) is 0.943. The summed E-state index contributed by atoms with van der Waals surface area (Å²) in [7, 11) is 0. The van der Waals surface area contributed by atoms with Crippen LogP contribution in [0.3, 0.4) is 0 Å². The number of benzene rings is 1. The van der Waals surface area contributed by atoms with Crippen molar-refractivity contribution in [1.29, 1.82) is 0 Å². The number of aliphatic carboxylic acids is 1. The second-order valence-electron chi connectivity index (χ2n) is 3.91. The Bertz CT molecular complexity index is 655. The summed E-state index contributed by atoms with van der Waals surface area (Å²) in [4.78, 5) is 14.9. The monoisotopic (exact) mass is 297 g/mol. The zero-order valence-corrected chi connectivity index (χ0v) is 11.1. The van der Waals surface area contributed by atoms with Gasteiger partial charge in [0.05, 0.1) is 17.1 Å². The van der Waals surface area contributed by atoms with Gasteiger partial charge < -0.3 is 14.6 Å². The largest absolute Gasteiger partial charge is 0.481 e. The minimum atomic E-state index is -0.902. The van der Waals surface area contributed by atoms with E-state index in [4.69, 9.17) is 26.2 Å². The Balaban J connectivity index is 1.96. The predicted octanol–water partition coefficient (Wildman–Crippen LogP) is 2.82. The minimum Gasteiger partial charge on any atom is -0.481 e. The molecule has 0 saturated carbocycles. The average Bonchev–Trinajstić information content (AvgIpc) is 2.96. The molecule has 3 rings (SSSR count). The van der Waals surface area contributed by atoms with Crippen molar-refractivity contribution in [1.82, 2.24) is 4.98 Å². The van der Waals surface area contributed by atoms with Crippen LogP contribution < -0.4 is 9.47 Å². The van der Waals surface area contributed by atoms with Crippen LogP contribution in [0.2, 0.25) is 5.02 Å². The Morgan fingerprint density at radius 3 is 3.11 bits per heavy atom. The van der Waals surface area contributed by atoms with Gasteiger partial charge in [-0.2, -0.15) is 0 Å². The van der Waals surface area contributed by atoms with Gasteiger partial charge in [-0.25, -0.2) is 4.98 Å². The van der Waals surface area contributed by atoms with Crippen molar-refractivity contribution in [3.63, 3.8) is 0 Å². The maximum absolute atomic E-state index is 10.6. The van der Waals surface area contributed by atoms with E-state index >= 15 is 0 Å². The number of thiazole rings is 1. The molecule has 1 N–H and O–H groups in total. The van der Waals surface area contributed by atoms with Crippen molar-refractivity contribution < 1.29 is 19.4 Å². The van der Waals surface area contributed by atoms with Crippen molar-refractivity contribution in [3.05, 3.63) is 28.2 Å². The number of fused-ring (bicyclic) bond motifs is 1. The molecule has 19 heavy (non-hydrogen) atoms. The molecule has 1 aliphatic heterocycles. The molecule has 1 aromatic heterocycles. The van der Waals surface area contributed by atoms with Crippen molar-refractivity contribution >= 4 is 28.9 Å². The van der Waals surface area contributed by atoms with E-state index in [9.17, 15) is 4.79 Å². The second kappa shape index (κ2) is 4.71. The number of nitrogens with zero attached hydrogens (tertiary/aromatic N) is 1. The number of carboxylic acid groups (broad SMARTS) is 1. The number of carboxylic acids is 1. The van der Waals surface area contributed by atoms with Gasteiger partial charge in [-0.15, -0.1) is 11.3 Å². The van der Waals surface area contributed by atoms with E-state index in [0.29, 0.717) is 27.2 Å². The van der Waals surface area contributed by atoms with Crippen molar-refractivity contribution in [2.24, 2.45) is 0 Å². The summed E-state index contributed by atoms with van der Waals surface area (Å²) >= 11 is 7.46. The van der Waals surface area contributed by atoms with Crippen LogP contribution in [-0.4, -0.2) is 22.9 Å². The Kier molecular flexibility index (Phi) is 3.04. The first-order valence-corrected chi connectivity index (χ1v) is 6.65. The average molecular weight is 298 g/mol. The lowest BCUT2D eigenvalue weighted by Gasteiger charge is -2.02. The normalized spacial score (nSPS) is 12.7. The summed E-state index contributed by atoms with van der Waals surface area (Å²) in [5.74, 6) is 0.214. The molecule has 0 saturated heterocycles. The fourth-order valence-corrected chi connectivity index (χ4v) is 2.84. The first kappa shape index (κ1) is 12.3. The molecule has 1 aromatic carbocycles. The molecular weight excluding hydrogens is 290 g/mol. The van der Waals surface area contributed by atoms with E-state index in [-0.39, 0.29) is 13.2 Å². The standard InChI is InChI=1S/C12H8ClNO4S/c13-8-1-6(2-9-11(8)18-5-17-9)12-14-7(4-19-12)3-10(15)16/h1-2,4H,3,5H2,(H,15,16). The molecule has 0 spiro atoms. The van der Waals surface area contributed by atoms with Crippen LogP contribution in [0.5, 0.6) is 11.5 Å².